The van der Waals surface area contributed by atoms with Crippen LogP contribution in [0.4, 0.5) is 0 Å². The van der Waals surface area contributed by atoms with Gasteiger partial charge >= 0.3 is 0 Å². The molecule has 0 N–H and O–H groups in total. The maximum atomic E-state index is 4.41. The fourth-order valence-corrected chi connectivity index (χ4v) is 12.1. The predicted octanol–water partition coefficient (Wildman–Crippen LogP) is 24.0. The molecule has 4 fully saturated rings. The molecule has 0 amide bonds. The summed E-state index contributed by atoms with van der Waals surface area (Å²) >= 11 is 0. The Morgan fingerprint density at radius 1 is 0.287 bits per heavy atom. The topological polar surface area (TPSA) is 29.0 Å². The van der Waals surface area contributed by atoms with Gasteiger partial charge in [0.25, 0.3) is 0 Å². The van der Waals surface area contributed by atoms with Crippen LogP contribution in [-0.4, -0.2) is 33.5 Å². The zero-order chi connectivity index (χ0) is 63.1. The normalized spacial score (nSPS) is 24.0. The summed E-state index contributed by atoms with van der Waals surface area (Å²) in [6.45, 7) is 86.0. The number of aromatic nitrogens is 2. The lowest BCUT2D eigenvalue weighted by Gasteiger charge is -2.49. The first-order valence-electron chi connectivity index (χ1n) is 33.0. The van der Waals surface area contributed by atoms with Crippen molar-refractivity contribution in [3.63, 3.8) is 0 Å². The van der Waals surface area contributed by atoms with Gasteiger partial charge in [-0.05, 0) is 204 Å². The van der Waals surface area contributed by atoms with Crippen molar-refractivity contribution in [2.45, 2.75) is 341 Å². The minimum atomic E-state index is 0.0381. The van der Waals surface area contributed by atoms with Crippen LogP contribution in [0.5, 0.6) is 0 Å². The molecule has 468 valence electrons. The van der Waals surface area contributed by atoms with Crippen LogP contribution in [0.25, 0.3) is 0 Å². The molecule has 1 aliphatic heterocycles. The van der Waals surface area contributed by atoms with E-state index in [-0.39, 0.29) is 21.7 Å². The Morgan fingerprint density at radius 3 is 0.725 bits per heavy atom. The summed E-state index contributed by atoms with van der Waals surface area (Å²) in [6, 6.07) is 9.00. The predicted molar refractivity (Wildman–Crippen MR) is 361 cm³/mol. The molecule has 3 aliphatic carbocycles. The van der Waals surface area contributed by atoms with E-state index in [1.54, 1.807) is 0 Å². The average Bonchev–Trinajstić information content (AvgIpc) is 3.95. The van der Waals surface area contributed by atoms with Crippen molar-refractivity contribution >= 4 is 0 Å². The number of hydrogen-bond acceptors (Lipinski definition) is 3. The number of benzene rings is 1. The summed E-state index contributed by atoms with van der Waals surface area (Å²) in [7, 11) is 0. The molecule has 1 aromatic heterocycles. The lowest BCUT2D eigenvalue weighted by molar-refractivity contribution is 0.0110. The minimum absolute atomic E-state index is 0.0381. The Labute approximate surface area is 504 Å². The van der Waals surface area contributed by atoms with E-state index in [9.17, 15) is 0 Å². The van der Waals surface area contributed by atoms with Gasteiger partial charge in [0.2, 0.25) is 0 Å². The van der Waals surface area contributed by atoms with Gasteiger partial charge in [-0.15, -0.1) is 0 Å². The Balaban J connectivity index is 0.000000480. The van der Waals surface area contributed by atoms with E-state index in [1.165, 1.54) is 94.0 Å². The van der Waals surface area contributed by atoms with Gasteiger partial charge in [0.15, 0.2) is 0 Å². The van der Waals surface area contributed by atoms with E-state index >= 15 is 0 Å². The lowest BCUT2D eigenvalue weighted by atomic mass is 9.56. The van der Waals surface area contributed by atoms with Gasteiger partial charge in [-0.1, -0.05) is 253 Å². The number of nitrogens with zero attached hydrogens (tertiary/aromatic N) is 3. The number of likely N-dealkylation sites (tertiary alicyclic amines) is 1. The molecule has 3 saturated carbocycles. The van der Waals surface area contributed by atoms with Crippen LogP contribution in [0.1, 0.15) is 336 Å². The summed E-state index contributed by atoms with van der Waals surface area (Å²) in [5.74, 6) is 7.57. The van der Waals surface area contributed by atoms with Crippen LogP contribution >= 0.6 is 0 Å². The average molecular weight is 1110 g/mol. The zero-order valence-electron chi connectivity index (χ0n) is 61.3. The molecule has 80 heavy (non-hydrogen) atoms. The molecular weight excluding hydrogens is 967 g/mol. The highest BCUT2D eigenvalue weighted by Crippen LogP contribution is 2.52. The van der Waals surface area contributed by atoms with Crippen molar-refractivity contribution < 1.29 is 0 Å². The maximum absolute atomic E-state index is 4.41. The van der Waals surface area contributed by atoms with E-state index in [0.29, 0.717) is 43.4 Å². The lowest BCUT2D eigenvalue weighted by Crippen LogP contribution is -2.40. The first kappa shape index (κ1) is 76.3. The first-order chi connectivity index (χ1) is 35.3. The highest BCUT2D eigenvalue weighted by molar-refractivity contribution is 5.31. The second kappa shape index (κ2) is 28.2. The third-order valence-electron chi connectivity index (χ3n) is 19.8. The van der Waals surface area contributed by atoms with Gasteiger partial charge in [0.05, 0.1) is 0 Å². The molecule has 3 nitrogen and oxygen atoms in total. The maximum Gasteiger partial charge on any atom is 0.133 e. The zero-order valence-corrected chi connectivity index (χ0v) is 61.3. The van der Waals surface area contributed by atoms with Crippen molar-refractivity contribution in [1.29, 1.82) is 0 Å². The van der Waals surface area contributed by atoms with Gasteiger partial charge in [0.1, 0.15) is 5.82 Å². The molecule has 2 heterocycles. The molecule has 2 aromatic rings. The van der Waals surface area contributed by atoms with Crippen LogP contribution in [-0.2, 0) is 21.7 Å². The van der Waals surface area contributed by atoms with Crippen molar-refractivity contribution in [3.05, 3.63) is 59.2 Å². The summed E-state index contributed by atoms with van der Waals surface area (Å²) in [4.78, 5) is 11.4. The molecule has 0 bridgehead atoms. The van der Waals surface area contributed by atoms with E-state index < -0.39 is 0 Å². The summed E-state index contributed by atoms with van der Waals surface area (Å²) in [5, 5.41) is 0. The molecular formula is C77H145N3. The van der Waals surface area contributed by atoms with Crippen LogP contribution in [0.3, 0.4) is 0 Å². The summed E-state index contributed by atoms with van der Waals surface area (Å²) in [5.41, 5.74) is 8.75. The van der Waals surface area contributed by atoms with Crippen molar-refractivity contribution in [3.8, 4) is 0 Å². The molecule has 3 heteroatoms. The summed E-state index contributed by atoms with van der Waals surface area (Å²) in [6.07, 6.45) is 18.3. The number of hydrogen-bond donors (Lipinski definition) is 0. The molecule has 0 radical (unpaired) electrons. The van der Waals surface area contributed by atoms with Gasteiger partial charge in [-0.3, -0.25) is 4.90 Å². The largest absolute Gasteiger partial charge is 0.298 e. The Kier molecular flexibility index (Phi) is 26.9. The van der Waals surface area contributed by atoms with E-state index in [2.05, 4.69) is 288 Å². The fourth-order valence-electron chi connectivity index (χ4n) is 12.1. The van der Waals surface area contributed by atoms with Crippen LogP contribution in [0.15, 0.2) is 36.7 Å². The van der Waals surface area contributed by atoms with Crippen LogP contribution in [0.2, 0.25) is 0 Å². The first-order valence-corrected chi connectivity index (χ1v) is 33.0. The SMILES string of the molecule is CC(C)(C)C1CC(C(C)(C)C)C1.CC(C)(C)C1CCC(C(C)(C)C)C1.CC(C)(C)C1CCC(C(C)(C)C)CC1.CC(C)(C)C1CCN(C(C)(C)C)C1.CC(C)(C)c1ccc(C(C)(C)C)cc1.CC(C)(C)c1cnc(C(C)(C)C)nc1. The molecule has 0 spiro atoms. The second-order valence-corrected chi connectivity index (χ2v) is 39.2. The van der Waals surface area contributed by atoms with E-state index in [1.807, 2.05) is 12.4 Å². The molecule has 6 rings (SSSR count). The number of rotatable bonds is 0. The highest BCUT2D eigenvalue weighted by Gasteiger charge is 2.43. The second-order valence-electron chi connectivity index (χ2n) is 39.2. The minimum Gasteiger partial charge on any atom is -0.298 e. The third-order valence-corrected chi connectivity index (χ3v) is 19.8. The molecule has 4 aliphatic rings. The van der Waals surface area contributed by atoms with Crippen LogP contribution in [0, 0.1) is 79.3 Å². The highest BCUT2D eigenvalue weighted by atomic mass is 15.2. The Morgan fingerprint density at radius 2 is 0.537 bits per heavy atom. The molecule has 3 unspecified atom stereocenters. The Bertz CT molecular complexity index is 1760. The molecule has 1 aromatic carbocycles. The van der Waals surface area contributed by atoms with Crippen molar-refractivity contribution in [2.75, 3.05) is 13.1 Å². The molecule has 3 atom stereocenters. The quantitative estimate of drug-likeness (QED) is 0.263. The fraction of sp³-hybridized carbons (Fsp3) is 0.870. The van der Waals surface area contributed by atoms with Crippen molar-refractivity contribution in [2.24, 2.45) is 79.3 Å². The van der Waals surface area contributed by atoms with E-state index in [0.717, 1.165) is 47.2 Å². The summed E-state index contributed by atoms with van der Waals surface area (Å²) < 4.78 is 0. The monoisotopic (exact) mass is 1110 g/mol. The van der Waals surface area contributed by atoms with Gasteiger partial charge in [-0.2, -0.15) is 0 Å². The third kappa shape index (κ3) is 27.1. The van der Waals surface area contributed by atoms with E-state index in [4.69, 9.17) is 0 Å². The molecule has 1 saturated heterocycles. The van der Waals surface area contributed by atoms with Crippen LogP contribution < -0.4 is 0 Å². The van der Waals surface area contributed by atoms with Gasteiger partial charge < -0.3 is 0 Å². The Hall–Kier alpha value is -1.74. The van der Waals surface area contributed by atoms with Gasteiger partial charge in [-0.25, -0.2) is 9.97 Å². The smallest absolute Gasteiger partial charge is 0.133 e. The van der Waals surface area contributed by atoms with Gasteiger partial charge in [0, 0.05) is 29.9 Å². The standard InChI is InChI=1S/C14H28.C14H22.C13H26.C12H20N2.C12H25N.C12H24/c2*1-13(2,3)11-7-9-12(10-8-11)14(4,5)6;1-12(2,3)10-7-8-11(9-10)13(4,5)6;1-11(2,3)9-7-13-10(14-8-9)12(4,5)6;1-11(2,3)10-7-8-13(9-10)12(4,5)6;1-11(2,3)9-7-10(8-9)12(4,5)6/h11-12H,7-10H2,1-6H3;7-10H,1-6H3;10-11H,7-9H2,1-6H3;7-8H,1-6H3;10H,7-9H2,1-6H3;9-10H,7-8H2,1-6H3. The van der Waals surface area contributed by atoms with Crippen molar-refractivity contribution in [1.82, 2.24) is 14.9 Å².